The summed E-state index contributed by atoms with van der Waals surface area (Å²) in [6.07, 6.45) is 12.3. The highest BCUT2D eigenvalue weighted by molar-refractivity contribution is 5.54. The third-order valence-corrected chi connectivity index (χ3v) is 2.61. The lowest BCUT2D eigenvalue weighted by molar-refractivity contribution is 0.733. The molecule has 0 amide bonds. The zero-order valence-corrected chi connectivity index (χ0v) is 9.06. The molecule has 2 rings (SSSR count). The van der Waals surface area contributed by atoms with E-state index < -0.39 is 0 Å². The first kappa shape index (κ1) is 9.97. The Labute approximate surface area is 91.6 Å². The van der Waals surface area contributed by atoms with Crippen LogP contribution < -0.4 is 0 Å². The van der Waals surface area contributed by atoms with Crippen LogP contribution in [-0.4, -0.2) is 0 Å². The summed E-state index contributed by atoms with van der Waals surface area (Å²) in [6, 6.07) is 10.4. The van der Waals surface area contributed by atoms with Crippen LogP contribution in [0.1, 0.15) is 18.9 Å². The molecule has 0 nitrogen and oxygen atoms in total. The summed E-state index contributed by atoms with van der Waals surface area (Å²) in [5, 5.41) is 0. The largest absolute Gasteiger partial charge is 0.0808 e. The lowest BCUT2D eigenvalue weighted by Gasteiger charge is -2.08. The van der Waals surface area contributed by atoms with Crippen LogP contribution in [0.3, 0.4) is 0 Å². The zero-order chi connectivity index (χ0) is 10.5. The lowest BCUT2D eigenvalue weighted by Crippen LogP contribution is -1.92. The molecule has 76 valence electrons. The van der Waals surface area contributed by atoms with Gasteiger partial charge in [0.25, 0.3) is 0 Å². The summed E-state index contributed by atoms with van der Waals surface area (Å²) in [5.74, 6) is 0.693. The molecule has 0 aliphatic heterocycles. The average molecular weight is 196 g/mol. The van der Waals surface area contributed by atoms with Crippen molar-refractivity contribution in [2.45, 2.75) is 13.3 Å². The van der Waals surface area contributed by atoms with Gasteiger partial charge in [0.15, 0.2) is 0 Å². The minimum atomic E-state index is 0.693. The molecule has 1 aromatic rings. The van der Waals surface area contributed by atoms with Crippen LogP contribution in [0, 0.1) is 5.92 Å². The Bertz CT molecular complexity index is 393. The minimum absolute atomic E-state index is 0.693. The van der Waals surface area contributed by atoms with Gasteiger partial charge < -0.3 is 0 Å². The third-order valence-electron chi connectivity index (χ3n) is 2.61. The van der Waals surface area contributed by atoms with Crippen LogP contribution in [0.5, 0.6) is 0 Å². The van der Waals surface area contributed by atoms with Crippen molar-refractivity contribution in [2.24, 2.45) is 5.92 Å². The first-order valence-corrected chi connectivity index (χ1v) is 5.46. The molecule has 1 aliphatic carbocycles. The predicted molar refractivity (Wildman–Crippen MR) is 66.5 cm³/mol. The molecule has 1 atom stereocenters. The summed E-state index contributed by atoms with van der Waals surface area (Å²) < 4.78 is 0. The highest BCUT2D eigenvalue weighted by Gasteiger charge is 2.00. The first-order valence-electron chi connectivity index (χ1n) is 5.46. The van der Waals surface area contributed by atoms with Gasteiger partial charge >= 0.3 is 0 Å². The highest BCUT2D eigenvalue weighted by Crippen LogP contribution is 2.17. The van der Waals surface area contributed by atoms with Gasteiger partial charge in [-0.3, -0.25) is 0 Å². The number of hydrogen-bond acceptors (Lipinski definition) is 0. The standard InChI is InChI=1S/C15H16/c1-13-7-9-15(10-8-13)12-11-14-5-3-2-4-6-14/h2-7,9-13H,8H2,1H3/b12-11+. The molecule has 0 aromatic heterocycles. The summed E-state index contributed by atoms with van der Waals surface area (Å²) in [4.78, 5) is 0. The molecule has 1 unspecified atom stereocenters. The van der Waals surface area contributed by atoms with Gasteiger partial charge in [-0.2, -0.15) is 0 Å². The van der Waals surface area contributed by atoms with E-state index in [-0.39, 0.29) is 0 Å². The Morgan fingerprint density at radius 3 is 2.60 bits per heavy atom. The van der Waals surface area contributed by atoms with Gasteiger partial charge in [0, 0.05) is 0 Å². The maximum Gasteiger partial charge on any atom is -0.0224 e. The van der Waals surface area contributed by atoms with E-state index in [9.17, 15) is 0 Å². The molecule has 0 N–H and O–H groups in total. The molecule has 0 heterocycles. The zero-order valence-electron chi connectivity index (χ0n) is 9.06. The van der Waals surface area contributed by atoms with Gasteiger partial charge in [0.05, 0.1) is 0 Å². The van der Waals surface area contributed by atoms with Gasteiger partial charge in [-0.05, 0) is 23.5 Å². The molecule has 1 aromatic carbocycles. The van der Waals surface area contributed by atoms with Crippen molar-refractivity contribution in [3.63, 3.8) is 0 Å². The second kappa shape index (κ2) is 4.79. The minimum Gasteiger partial charge on any atom is -0.0808 e. The number of hydrogen-bond donors (Lipinski definition) is 0. The Balaban J connectivity index is 2.04. The van der Waals surface area contributed by atoms with E-state index in [2.05, 4.69) is 61.6 Å². The SMILES string of the molecule is CC1C=CC(/C=C/c2ccccc2)=CC1. The van der Waals surface area contributed by atoms with E-state index in [0.717, 1.165) is 6.42 Å². The fourth-order valence-corrected chi connectivity index (χ4v) is 1.62. The quantitative estimate of drug-likeness (QED) is 0.664. The molecule has 0 heteroatoms. The molecule has 1 aliphatic rings. The molecule has 0 radical (unpaired) electrons. The predicted octanol–water partition coefficient (Wildman–Crippen LogP) is 4.22. The summed E-state index contributed by atoms with van der Waals surface area (Å²) in [6.45, 7) is 2.24. The second-order valence-electron chi connectivity index (χ2n) is 4.02. The third kappa shape index (κ3) is 2.95. The van der Waals surface area contributed by atoms with E-state index in [0.29, 0.717) is 5.92 Å². The van der Waals surface area contributed by atoms with E-state index in [4.69, 9.17) is 0 Å². The Morgan fingerprint density at radius 1 is 1.13 bits per heavy atom. The van der Waals surface area contributed by atoms with Crippen LogP contribution in [0.2, 0.25) is 0 Å². The molecule has 0 saturated carbocycles. The van der Waals surface area contributed by atoms with Crippen molar-refractivity contribution in [3.8, 4) is 0 Å². The van der Waals surface area contributed by atoms with Crippen LogP contribution >= 0.6 is 0 Å². The topological polar surface area (TPSA) is 0 Å². The first-order chi connectivity index (χ1) is 7.34. The molecule has 0 fully saturated rings. The number of rotatable bonds is 2. The summed E-state index contributed by atoms with van der Waals surface area (Å²) >= 11 is 0. The van der Waals surface area contributed by atoms with Crippen molar-refractivity contribution in [2.75, 3.05) is 0 Å². The van der Waals surface area contributed by atoms with Gasteiger partial charge in [-0.1, -0.05) is 67.6 Å². The molecule has 15 heavy (non-hydrogen) atoms. The van der Waals surface area contributed by atoms with Gasteiger partial charge in [0.1, 0.15) is 0 Å². The number of allylic oxidation sites excluding steroid dienone is 5. The Morgan fingerprint density at radius 2 is 1.93 bits per heavy atom. The second-order valence-corrected chi connectivity index (χ2v) is 4.02. The molecule has 0 spiro atoms. The van der Waals surface area contributed by atoms with Crippen molar-refractivity contribution in [1.29, 1.82) is 0 Å². The number of benzene rings is 1. The van der Waals surface area contributed by atoms with Crippen molar-refractivity contribution < 1.29 is 0 Å². The van der Waals surface area contributed by atoms with E-state index in [1.54, 1.807) is 0 Å². The lowest BCUT2D eigenvalue weighted by atomic mass is 9.98. The molecular weight excluding hydrogens is 180 g/mol. The fraction of sp³-hybridized carbons (Fsp3) is 0.200. The Kier molecular flexibility index (Phi) is 3.18. The summed E-state index contributed by atoms with van der Waals surface area (Å²) in [7, 11) is 0. The fourth-order valence-electron chi connectivity index (χ4n) is 1.62. The van der Waals surface area contributed by atoms with Crippen molar-refractivity contribution in [3.05, 3.63) is 65.8 Å². The maximum absolute atomic E-state index is 2.30. The van der Waals surface area contributed by atoms with Gasteiger partial charge in [-0.15, -0.1) is 0 Å². The van der Waals surface area contributed by atoms with E-state index >= 15 is 0 Å². The van der Waals surface area contributed by atoms with Crippen LogP contribution in [0.4, 0.5) is 0 Å². The van der Waals surface area contributed by atoms with Crippen LogP contribution in [0.15, 0.2) is 60.2 Å². The summed E-state index contributed by atoms with van der Waals surface area (Å²) in [5.41, 5.74) is 2.57. The normalized spacial score (nSPS) is 20.6. The van der Waals surface area contributed by atoms with Crippen molar-refractivity contribution >= 4 is 6.08 Å². The van der Waals surface area contributed by atoms with Gasteiger partial charge in [-0.25, -0.2) is 0 Å². The highest BCUT2D eigenvalue weighted by atomic mass is 14.1. The Hall–Kier alpha value is -1.56. The molecule has 0 bridgehead atoms. The monoisotopic (exact) mass is 196 g/mol. The van der Waals surface area contributed by atoms with E-state index in [1.165, 1.54) is 11.1 Å². The maximum atomic E-state index is 2.30. The molecular formula is C15H16. The van der Waals surface area contributed by atoms with E-state index in [1.807, 2.05) is 6.07 Å². The van der Waals surface area contributed by atoms with Crippen LogP contribution in [0.25, 0.3) is 6.08 Å². The van der Waals surface area contributed by atoms with Crippen LogP contribution in [-0.2, 0) is 0 Å². The molecule has 0 saturated heterocycles. The van der Waals surface area contributed by atoms with Crippen molar-refractivity contribution in [1.82, 2.24) is 0 Å². The van der Waals surface area contributed by atoms with Gasteiger partial charge in [0.2, 0.25) is 0 Å². The average Bonchev–Trinajstić information content (AvgIpc) is 2.30. The smallest absolute Gasteiger partial charge is 0.0224 e.